The van der Waals surface area contributed by atoms with Gasteiger partial charge in [-0.05, 0) is 39.5 Å². The SMILES string of the molecule is CN(C)C(C(=O)N1CCN(CCCCO)CC1)c1ccccc1F. The Hall–Kier alpha value is -1.50. The quantitative estimate of drug-likeness (QED) is 0.763. The Morgan fingerprint density at radius 2 is 1.88 bits per heavy atom. The van der Waals surface area contributed by atoms with E-state index in [-0.39, 0.29) is 18.3 Å². The second-order valence-corrected chi connectivity index (χ2v) is 6.49. The molecule has 1 fully saturated rings. The molecule has 0 aromatic heterocycles. The molecule has 1 saturated heterocycles. The van der Waals surface area contributed by atoms with Crippen molar-refractivity contribution in [1.29, 1.82) is 0 Å². The first-order valence-corrected chi connectivity index (χ1v) is 8.57. The normalized spacial score (nSPS) is 17.3. The van der Waals surface area contributed by atoms with E-state index < -0.39 is 6.04 Å². The zero-order valence-electron chi connectivity index (χ0n) is 14.6. The Labute approximate surface area is 143 Å². The maximum Gasteiger partial charge on any atom is 0.244 e. The maximum absolute atomic E-state index is 14.1. The number of carbonyl (C=O) groups excluding carboxylic acids is 1. The van der Waals surface area contributed by atoms with E-state index in [0.717, 1.165) is 32.5 Å². The van der Waals surface area contributed by atoms with Gasteiger partial charge in [-0.1, -0.05) is 18.2 Å². The van der Waals surface area contributed by atoms with Crippen LogP contribution in [0, 0.1) is 5.82 Å². The third-order valence-corrected chi connectivity index (χ3v) is 4.52. The minimum atomic E-state index is -0.591. The molecule has 0 spiro atoms. The lowest BCUT2D eigenvalue weighted by Crippen LogP contribution is -2.51. The van der Waals surface area contributed by atoms with Crippen LogP contribution in [0.2, 0.25) is 0 Å². The van der Waals surface area contributed by atoms with E-state index in [1.54, 1.807) is 37.2 Å². The van der Waals surface area contributed by atoms with Gasteiger partial charge in [0.05, 0.1) is 0 Å². The minimum Gasteiger partial charge on any atom is -0.396 e. The fourth-order valence-electron chi connectivity index (χ4n) is 3.14. The molecular weight excluding hydrogens is 309 g/mol. The Morgan fingerprint density at radius 3 is 2.46 bits per heavy atom. The van der Waals surface area contributed by atoms with Crippen molar-refractivity contribution in [2.45, 2.75) is 18.9 Å². The molecule has 134 valence electrons. The molecule has 2 rings (SSSR count). The predicted octanol–water partition coefficient (Wildman–Crippen LogP) is 1.35. The Balaban J connectivity index is 1.98. The first kappa shape index (κ1) is 18.8. The van der Waals surface area contributed by atoms with Gasteiger partial charge in [-0.15, -0.1) is 0 Å². The van der Waals surface area contributed by atoms with Crippen LogP contribution >= 0.6 is 0 Å². The molecule has 1 aromatic carbocycles. The van der Waals surface area contributed by atoms with Crippen LogP contribution in [0.25, 0.3) is 0 Å². The van der Waals surface area contributed by atoms with Crippen LogP contribution in [0.5, 0.6) is 0 Å². The van der Waals surface area contributed by atoms with Crippen molar-refractivity contribution in [1.82, 2.24) is 14.7 Å². The summed E-state index contributed by atoms with van der Waals surface area (Å²) in [6.07, 6.45) is 1.79. The highest BCUT2D eigenvalue weighted by atomic mass is 19.1. The number of benzene rings is 1. The summed E-state index contributed by atoms with van der Waals surface area (Å²) in [5.74, 6) is -0.382. The lowest BCUT2D eigenvalue weighted by Gasteiger charge is -2.37. The molecule has 1 unspecified atom stereocenters. The number of unbranched alkanes of at least 4 members (excludes halogenated alkanes) is 1. The van der Waals surface area contributed by atoms with Crippen LogP contribution in [0.3, 0.4) is 0 Å². The smallest absolute Gasteiger partial charge is 0.244 e. The first-order chi connectivity index (χ1) is 11.5. The van der Waals surface area contributed by atoms with Gasteiger partial charge < -0.3 is 10.0 Å². The molecular formula is C18H28FN3O2. The number of aliphatic hydroxyl groups is 1. The standard InChI is InChI=1S/C18H28FN3O2/c1-20(2)17(15-7-3-4-8-16(15)19)18(24)22-12-10-21(11-13-22)9-5-6-14-23/h3-4,7-8,17,23H,5-6,9-14H2,1-2H3. The molecule has 6 heteroatoms. The Morgan fingerprint density at radius 1 is 1.21 bits per heavy atom. The number of hydrogen-bond acceptors (Lipinski definition) is 4. The fraction of sp³-hybridized carbons (Fsp3) is 0.611. The molecule has 1 aliphatic heterocycles. The molecule has 1 atom stereocenters. The van der Waals surface area contributed by atoms with E-state index in [1.165, 1.54) is 6.07 Å². The summed E-state index contributed by atoms with van der Waals surface area (Å²) in [5.41, 5.74) is 0.429. The van der Waals surface area contributed by atoms with E-state index in [2.05, 4.69) is 4.90 Å². The zero-order valence-corrected chi connectivity index (χ0v) is 14.6. The number of halogens is 1. The maximum atomic E-state index is 14.1. The zero-order chi connectivity index (χ0) is 17.5. The van der Waals surface area contributed by atoms with Crippen molar-refractivity contribution in [3.8, 4) is 0 Å². The van der Waals surface area contributed by atoms with Crippen LogP contribution < -0.4 is 0 Å². The monoisotopic (exact) mass is 337 g/mol. The molecule has 24 heavy (non-hydrogen) atoms. The number of aliphatic hydroxyl groups excluding tert-OH is 1. The van der Waals surface area contributed by atoms with Gasteiger partial charge in [-0.25, -0.2) is 4.39 Å². The summed E-state index contributed by atoms with van der Waals surface area (Å²) in [5, 5.41) is 8.85. The van der Waals surface area contributed by atoms with Crippen molar-refractivity contribution in [3.63, 3.8) is 0 Å². The number of nitrogens with zero attached hydrogens (tertiary/aromatic N) is 3. The lowest BCUT2D eigenvalue weighted by atomic mass is 10.0. The summed E-state index contributed by atoms with van der Waals surface area (Å²) in [6, 6.07) is 5.90. The van der Waals surface area contributed by atoms with Gasteiger partial charge in [-0.3, -0.25) is 14.6 Å². The van der Waals surface area contributed by atoms with E-state index in [0.29, 0.717) is 18.7 Å². The van der Waals surface area contributed by atoms with Crippen molar-refractivity contribution in [2.24, 2.45) is 0 Å². The van der Waals surface area contributed by atoms with Crippen LogP contribution in [-0.4, -0.2) is 79.1 Å². The van der Waals surface area contributed by atoms with Crippen molar-refractivity contribution >= 4 is 5.91 Å². The summed E-state index contributed by atoms with van der Waals surface area (Å²) in [4.78, 5) is 18.8. The second-order valence-electron chi connectivity index (χ2n) is 6.49. The average Bonchev–Trinajstić information content (AvgIpc) is 2.57. The number of likely N-dealkylation sites (N-methyl/N-ethyl adjacent to an activating group) is 1. The highest BCUT2D eigenvalue weighted by molar-refractivity contribution is 5.83. The highest BCUT2D eigenvalue weighted by Crippen LogP contribution is 2.24. The fourth-order valence-corrected chi connectivity index (χ4v) is 3.14. The largest absolute Gasteiger partial charge is 0.396 e. The highest BCUT2D eigenvalue weighted by Gasteiger charge is 2.31. The summed E-state index contributed by atoms with van der Waals surface area (Å²) in [7, 11) is 3.61. The number of amides is 1. The number of piperazine rings is 1. The molecule has 0 bridgehead atoms. The first-order valence-electron chi connectivity index (χ1n) is 8.57. The summed E-state index contributed by atoms with van der Waals surface area (Å²) < 4.78 is 14.1. The van der Waals surface area contributed by atoms with E-state index in [1.807, 2.05) is 4.90 Å². The van der Waals surface area contributed by atoms with E-state index in [4.69, 9.17) is 5.11 Å². The van der Waals surface area contributed by atoms with E-state index >= 15 is 0 Å². The number of rotatable bonds is 7. The van der Waals surface area contributed by atoms with Gasteiger partial charge in [0.25, 0.3) is 0 Å². The molecule has 0 saturated carbocycles. The molecule has 1 aliphatic rings. The van der Waals surface area contributed by atoms with Crippen LogP contribution in [-0.2, 0) is 4.79 Å². The third kappa shape index (κ3) is 4.75. The van der Waals surface area contributed by atoms with Crippen LogP contribution in [0.1, 0.15) is 24.4 Å². The number of carbonyl (C=O) groups is 1. The molecule has 0 aliphatic carbocycles. The average molecular weight is 337 g/mol. The molecule has 5 nitrogen and oxygen atoms in total. The predicted molar refractivity (Wildman–Crippen MR) is 92.2 cm³/mol. The molecule has 1 amide bonds. The molecule has 1 heterocycles. The molecule has 1 N–H and O–H groups in total. The van der Waals surface area contributed by atoms with Crippen LogP contribution in [0.4, 0.5) is 4.39 Å². The molecule has 0 radical (unpaired) electrons. The van der Waals surface area contributed by atoms with Crippen molar-refractivity contribution < 1.29 is 14.3 Å². The van der Waals surface area contributed by atoms with Gasteiger partial charge in [0.2, 0.25) is 5.91 Å². The third-order valence-electron chi connectivity index (χ3n) is 4.52. The van der Waals surface area contributed by atoms with Gasteiger partial charge in [0.1, 0.15) is 11.9 Å². The van der Waals surface area contributed by atoms with E-state index in [9.17, 15) is 9.18 Å². The minimum absolute atomic E-state index is 0.0416. The van der Waals surface area contributed by atoms with Gasteiger partial charge in [-0.2, -0.15) is 0 Å². The van der Waals surface area contributed by atoms with Crippen molar-refractivity contribution in [2.75, 3.05) is 53.4 Å². The van der Waals surface area contributed by atoms with Gasteiger partial charge in [0.15, 0.2) is 0 Å². The Kier molecular flexibility index (Phi) is 7.15. The second kappa shape index (κ2) is 9.11. The topological polar surface area (TPSA) is 47.0 Å². The molecule has 1 aromatic rings. The van der Waals surface area contributed by atoms with Gasteiger partial charge in [0, 0.05) is 38.3 Å². The van der Waals surface area contributed by atoms with Crippen molar-refractivity contribution in [3.05, 3.63) is 35.6 Å². The Bertz CT molecular complexity index is 531. The summed E-state index contributed by atoms with van der Waals surface area (Å²) in [6.45, 7) is 4.16. The number of hydrogen-bond donors (Lipinski definition) is 1. The van der Waals surface area contributed by atoms with Crippen LogP contribution in [0.15, 0.2) is 24.3 Å². The summed E-state index contributed by atoms with van der Waals surface area (Å²) >= 11 is 0. The van der Waals surface area contributed by atoms with Gasteiger partial charge >= 0.3 is 0 Å². The lowest BCUT2D eigenvalue weighted by molar-refractivity contribution is -0.138.